The van der Waals surface area contributed by atoms with Crippen LogP contribution < -0.4 is 10.2 Å². The minimum Gasteiger partial charge on any atom is -0.377 e. The van der Waals surface area contributed by atoms with Gasteiger partial charge in [-0.05, 0) is 66.8 Å². The molecule has 6 heteroatoms. The molecule has 0 unspecified atom stereocenters. The second-order valence-electron chi connectivity index (χ2n) is 8.81. The summed E-state index contributed by atoms with van der Waals surface area (Å²) in [6, 6.07) is 9.89. The highest BCUT2D eigenvalue weighted by molar-refractivity contribution is 7.12. The molecule has 4 rings (SSSR count). The van der Waals surface area contributed by atoms with Crippen molar-refractivity contribution in [3.05, 3.63) is 46.2 Å². The molecule has 2 aliphatic carbocycles. The van der Waals surface area contributed by atoms with Crippen LogP contribution in [0.5, 0.6) is 0 Å². The van der Waals surface area contributed by atoms with E-state index in [0.29, 0.717) is 12.5 Å². The summed E-state index contributed by atoms with van der Waals surface area (Å²) < 4.78 is 0. The van der Waals surface area contributed by atoms with Gasteiger partial charge in [-0.1, -0.05) is 18.9 Å². The molecule has 2 aromatic rings. The van der Waals surface area contributed by atoms with Crippen molar-refractivity contribution in [3.8, 4) is 0 Å². The van der Waals surface area contributed by atoms with Crippen LogP contribution in [0.3, 0.4) is 0 Å². The van der Waals surface area contributed by atoms with Gasteiger partial charge in [0.05, 0.1) is 4.88 Å². The molecule has 5 nitrogen and oxygen atoms in total. The number of carbonyl (C=O) groups excluding carboxylic acids is 2. The van der Waals surface area contributed by atoms with Crippen LogP contribution in [0.4, 0.5) is 11.4 Å². The molecule has 0 saturated heterocycles. The van der Waals surface area contributed by atoms with Gasteiger partial charge in [0.2, 0.25) is 5.91 Å². The van der Waals surface area contributed by atoms with E-state index >= 15 is 0 Å². The average Bonchev–Trinajstić information content (AvgIpc) is 3.18. The molecule has 0 bridgehead atoms. The van der Waals surface area contributed by atoms with Crippen molar-refractivity contribution in [1.82, 2.24) is 4.90 Å². The van der Waals surface area contributed by atoms with E-state index in [4.69, 9.17) is 0 Å². The molecule has 160 valence electrons. The third-order valence-electron chi connectivity index (χ3n) is 6.11. The predicted molar refractivity (Wildman–Crippen MR) is 123 cm³/mol. The first kappa shape index (κ1) is 20.9. The molecule has 0 radical (unpaired) electrons. The summed E-state index contributed by atoms with van der Waals surface area (Å²) in [5.41, 5.74) is 2.96. The molecule has 2 saturated carbocycles. The van der Waals surface area contributed by atoms with Crippen molar-refractivity contribution in [3.63, 3.8) is 0 Å². The number of anilines is 2. The summed E-state index contributed by atoms with van der Waals surface area (Å²) >= 11 is 1.49. The van der Waals surface area contributed by atoms with Crippen LogP contribution in [0.1, 0.15) is 53.8 Å². The van der Waals surface area contributed by atoms with Crippen molar-refractivity contribution in [2.75, 3.05) is 30.9 Å². The lowest BCUT2D eigenvalue weighted by Gasteiger charge is -2.26. The topological polar surface area (TPSA) is 52.7 Å². The van der Waals surface area contributed by atoms with Crippen molar-refractivity contribution < 1.29 is 9.59 Å². The van der Waals surface area contributed by atoms with Crippen LogP contribution in [-0.4, -0.2) is 37.4 Å². The maximum absolute atomic E-state index is 13.1. The molecule has 1 aromatic heterocycles. The standard InChI is InChI=1S/C24H31N3O2S/c1-26(2)21-12-11-20(25-23(28)18-6-3-4-7-18)14-19(21)16-27(15-17-9-10-17)24(29)22-8-5-13-30-22/h5,8,11-14,17-18H,3-4,6-7,9-10,15-16H2,1-2H3,(H,25,28). The minimum atomic E-state index is 0.0991. The van der Waals surface area contributed by atoms with E-state index in [1.54, 1.807) is 0 Å². The Hall–Kier alpha value is -2.34. The summed E-state index contributed by atoms with van der Waals surface area (Å²) in [5, 5.41) is 5.07. The van der Waals surface area contributed by atoms with Crippen molar-refractivity contribution in [1.29, 1.82) is 0 Å². The molecular weight excluding hydrogens is 394 g/mol. The molecule has 1 aromatic carbocycles. The number of rotatable bonds is 8. The lowest BCUT2D eigenvalue weighted by molar-refractivity contribution is -0.119. The van der Waals surface area contributed by atoms with E-state index < -0.39 is 0 Å². The van der Waals surface area contributed by atoms with Crippen molar-refractivity contribution >= 4 is 34.5 Å². The fourth-order valence-electron chi connectivity index (χ4n) is 4.25. The molecule has 1 heterocycles. The van der Waals surface area contributed by atoms with Gasteiger partial charge in [-0.3, -0.25) is 9.59 Å². The number of carbonyl (C=O) groups is 2. The molecule has 0 aliphatic heterocycles. The summed E-state index contributed by atoms with van der Waals surface area (Å²) in [6.07, 6.45) is 6.66. The van der Waals surface area contributed by atoms with Crippen LogP contribution in [0, 0.1) is 11.8 Å². The molecule has 2 amide bonds. The van der Waals surface area contributed by atoms with E-state index in [0.717, 1.165) is 54.0 Å². The Bertz CT molecular complexity index is 884. The Morgan fingerprint density at radius 2 is 1.87 bits per heavy atom. The number of thiophene rings is 1. The molecular formula is C24H31N3O2S. The van der Waals surface area contributed by atoms with Gasteiger partial charge in [-0.15, -0.1) is 11.3 Å². The van der Waals surface area contributed by atoms with Gasteiger partial charge < -0.3 is 15.1 Å². The Balaban J connectivity index is 1.56. The lowest BCUT2D eigenvalue weighted by Crippen LogP contribution is -2.32. The molecule has 0 atom stereocenters. The van der Waals surface area contributed by atoms with Gasteiger partial charge >= 0.3 is 0 Å². The first-order valence-electron chi connectivity index (χ1n) is 10.9. The van der Waals surface area contributed by atoms with Crippen LogP contribution in [0.25, 0.3) is 0 Å². The lowest BCUT2D eigenvalue weighted by atomic mass is 10.1. The second kappa shape index (κ2) is 9.21. The highest BCUT2D eigenvalue weighted by atomic mass is 32.1. The first-order valence-corrected chi connectivity index (χ1v) is 11.8. The number of hydrogen-bond acceptors (Lipinski definition) is 4. The van der Waals surface area contributed by atoms with Gasteiger partial charge in [0.1, 0.15) is 0 Å². The van der Waals surface area contributed by atoms with Gasteiger partial charge in [0.15, 0.2) is 0 Å². The SMILES string of the molecule is CN(C)c1ccc(NC(=O)C2CCCC2)cc1CN(CC1CC1)C(=O)c1cccs1. The number of benzene rings is 1. The fourth-order valence-corrected chi connectivity index (χ4v) is 4.94. The Labute approximate surface area is 183 Å². The maximum Gasteiger partial charge on any atom is 0.264 e. The zero-order chi connectivity index (χ0) is 21.1. The highest BCUT2D eigenvalue weighted by Crippen LogP contribution is 2.33. The minimum absolute atomic E-state index is 0.0991. The molecule has 2 fully saturated rings. The quantitative estimate of drug-likeness (QED) is 0.648. The third kappa shape index (κ3) is 5.04. The smallest absolute Gasteiger partial charge is 0.264 e. The maximum atomic E-state index is 13.1. The summed E-state index contributed by atoms with van der Waals surface area (Å²) in [7, 11) is 4.03. The van der Waals surface area contributed by atoms with Gasteiger partial charge in [0.25, 0.3) is 5.91 Å². The Morgan fingerprint density at radius 3 is 2.50 bits per heavy atom. The van der Waals surface area contributed by atoms with Gasteiger partial charge in [0, 0.05) is 44.5 Å². The van der Waals surface area contributed by atoms with Crippen molar-refractivity contribution in [2.24, 2.45) is 11.8 Å². The van der Waals surface area contributed by atoms with E-state index in [1.165, 1.54) is 24.2 Å². The largest absolute Gasteiger partial charge is 0.377 e. The number of amides is 2. The number of nitrogens with one attached hydrogen (secondary N) is 1. The van der Waals surface area contributed by atoms with Crippen LogP contribution in [-0.2, 0) is 11.3 Å². The molecule has 1 N–H and O–H groups in total. The van der Waals surface area contributed by atoms with Crippen LogP contribution >= 0.6 is 11.3 Å². The monoisotopic (exact) mass is 425 g/mol. The average molecular weight is 426 g/mol. The van der Waals surface area contributed by atoms with Crippen LogP contribution in [0.2, 0.25) is 0 Å². The normalized spacial score (nSPS) is 16.5. The molecule has 2 aliphatic rings. The number of hydrogen-bond donors (Lipinski definition) is 1. The Morgan fingerprint density at radius 1 is 1.10 bits per heavy atom. The first-order chi connectivity index (χ1) is 14.5. The zero-order valence-corrected chi connectivity index (χ0v) is 18.7. The molecule has 0 spiro atoms. The van der Waals surface area contributed by atoms with E-state index in [-0.39, 0.29) is 17.7 Å². The van der Waals surface area contributed by atoms with Crippen LogP contribution in [0.15, 0.2) is 35.7 Å². The summed E-state index contributed by atoms with van der Waals surface area (Å²) in [4.78, 5) is 30.6. The summed E-state index contributed by atoms with van der Waals surface area (Å²) in [6.45, 7) is 1.34. The zero-order valence-electron chi connectivity index (χ0n) is 17.9. The predicted octanol–water partition coefficient (Wildman–Crippen LogP) is 5.00. The van der Waals surface area contributed by atoms with E-state index in [1.807, 2.05) is 54.7 Å². The Kier molecular flexibility index (Phi) is 6.42. The second-order valence-corrected chi connectivity index (χ2v) is 9.76. The van der Waals surface area contributed by atoms with Gasteiger partial charge in [-0.2, -0.15) is 0 Å². The third-order valence-corrected chi connectivity index (χ3v) is 6.97. The highest BCUT2D eigenvalue weighted by Gasteiger charge is 2.28. The fraction of sp³-hybridized carbons (Fsp3) is 0.500. The van der Waals surface area contributed by atoms with Crippen molar-refractivity contribution in [2.45, 2.75) is 45.1 Å². The summed E-state index contributed by atoms with van der Waals surface area (Å²) in [5.74, 6) is 0.971. The van der Waals surface area contributed by atoms with E-state index in [2.05, 4.69) is 10.2 Å². The number of nitrogens with zero attached hydrogens (tertiary/aromatic N) is 2. The van der Waals surface area contributed by atoms with Gasteiger partial charge in [-0.25, -0.2) is 0 Å². The molecule has 30 heavy (non-hydrogen) atoms. The van der Waals surface area contributed by atoms with E-state index in [9.17, 15) is 9.59 Å².